The number of nitrogens with zero attached hydrogens (tertiary/aromatic N) is 1. The normalized spacial score (nSPS) is 12.5. The lowest BCUT2D eigenvalue weighted by atomic mass is 9.86. The Hall–Kier alpha value is -1.86. The van der Waals surface area contributed by atoms with E-state index in [4.69, 9.17) is 0 Å². The van der Waals surface area contributed by atoms with Crippen LogP contribution >= 0.6 is 23.1 Å². The molecule has 0 saturated carbocycles. The second-order valence-corrected chi connectivity index (χ2v) is 8.84. The lowest BCUT2D eigenvalue weighted by molar-refractivity contribution is -0.118. The molecule has 1 aromatic carbocycles. The Kier molecular flexibility index (Phi) is 7.23. The van der Waals surface area contributed by atoms with Gasteiger partial charge in [0.05, 0.1) is 0 Å². The third kappa shape index (κ3) is 5.85. The molecule has 140 valence electrons. The molecule has 1 unspecified atom stereocenters. The van der Waals surface area contributed by atoms with Crippen LogP contribution in [-0.4, -0.2) is 34.8 Å². The highest BCUT2D eigenvalue weighted by Crippen LogP contribution is 2.22. The van der Waals surface area contributed by atoms with Crippen LogP contribution < -0.4 is 10.6 Å². The van der Waals surface area contributed by atoms with E-state index in [2.05, 4.69) is 36.4 Å². The highest BCUT2D eigenvalue weighted by molar-refractivity contribution is 7.98. The summed E-state index contributed by atoms with van der Waals surface area (Å²) >= 11 is 2.99. The highest BCUT2D eigenvalue weighted by Gasteiger charge is 2.22. The molecular formula is C19H25N3O2S2. The fourth-order valence-electron chi connectivity index (χ4n) is 2.35. The predicted octanol–water partition coefficient (Wildman–Crippen LogP) is 3.93. The van der Waals surface area contributed by atoms with E-state index in [0.29, 0.717) is 17.1 Å². The number of aromatic nitrogens is 1. The Morgan fingerprint density at radius 3 is 2.46 bits per heavy atom. The van der Waals surface area contributed by atoms with Crippen molar-refractivity contribution in [3.8, 4) is 0 Å². The van der Waals surface area contributed by atoms with Crippen LogP contribution in [0.25, 0.3) is 0 Å². The number of rotatable bonds is 7. The summed E-state index contributed by atoms with van der Waals surface area (Å²) in [5.41, 5.74) is 1.74. The number of anilines is 1. The largest absolute Gasteiger partial charge is 0.340 e. The summed E-state index contributed by atoms with van der Waals surface area (Å²) in [6, 6.07) is 6.94. The maximum atomic E-state index is 12.6. The summed E-state index contributed by atoms with van der Waals surface area (Å²) in [5.74, 6) is 0.290. The number of nitrogens with one attached hydrogen (secondary N) is 2. The molecule has 2 amide bonds. The van der Waals surface area contributed by atoms with Crippen LogP contribution in [0.4, 0.5) is 5.13 Å². The second kappa shape index (κ2) is 9.19. The van der Waals surface area contributed by atoms with Gasteiger partial charge in [0, 0.05) is 17.1 Å². The van der Waals surface area contributed by atoms with Crippen molar-refractivity contribution in [2.24, 2.45) is 0 Å². The molecule has 1 heterocycles. The van der Waals surface area contributed by atoms with Crippen LogP contribution in [0, 0.1) is 0 Å². The van der Waals surface area contributed by atoms with Crippen molar-refractivity contribution in [2.75, 3.05) is 17.3 Å². The molecule has 5 nitrogen and oxygen atoms in total. The molecule has 1 aromatic heterocycles. The van der Waals surface area contributed by atoms with Gasteiger partial charge in [0.25, 0.3) is 5.91 Å². The number of carbonyl (C=O) groups excluding carboxylic acids is 2. The number of thiazole rings is 1. The Morgan fingerprint density at radius 1 is 1.23 bits per heavy atom. The van der Waals surface area contributed by atoms with Gasteiger partial charge in [-0.25, -0.2) is 4.98 Å². The molecule has 7 heteroatoms. The van der Waals surface area contributed by atoms with Crippen LogP contribution in [0.1, 0.15) is 43.1 Å². The van der Waals surface area contributed by atoms with Gasteiger partial charge in [-0.05, 0) is 41.5 Å². The van der Waals surface area contributed by atoms with Crippen LogP contribution in [-0.2, 0) is 10.2 Å². The minimum absolute atomic E-state index is 0.0312. The van der Waals surface area contributed by atoms with Crippen molar-refractivity contribution < 1.29 is 9.59 Å². The predicted molar refractivity (Wildman–Crippen MR) is 110 cm³/mol. The first kappa shape index (κ1) is 20.5. The highest BCUT2D eigenvalue weighted by atomic mass is 32.2. The Morgan fingerprint density at radius 2 is 1.92 bits per heavy atom. The lowest BCUT2D eigenvalue weighted by Gasteiger charge is -2.20. The first-order valence-corrected chi connectivity index (χ1v) is 10.7. The van der Waals surface area contributed by atoms with Crippen LogP contribution in [0.3, 0.4) is 0 Å². The van der Waals surface area contributed by atoms with E-state index in [1.807, 2.05) is 18.4 Å². The summed E-state index contributed by atoms with van der Waals surface area (Å²) in [4.78, 5) is 29.1. The molecule has 0 aliphatic carbocycles. The van der Waals surface area contributed by atoms with Crippen molar-refractivity contribution >= 4 is 40.0 Å². The monoisotopic (exact) mass is 391 g/mol. The maximum Gasteiger partial charge on any atom is 0.251 e. The van der Waals surface area contributed by atoms with Crippen molar-refractivity contribution in [1.29, 1.82) is 0 Å². The van der Waals surface area contributed by atoms with Crippen molar-refractivity contribution in [3.63, 3.8) is 0 Å². The summed E-state index contributed by atoms with van der Waals surface area (Å²) in [6.45, 7) is 6.39. The third-order valence-electron chi connectivity index (χ3n) is 3.91. The summed E-state index contributed by atoms with van der Waals surface area (Å²) in [5, 5.41) is 7.94. The molecule has 26 heavy (non-hydrogen) atoms. The number of thioether (sulfide) groups is 1. The molecule has 2 N–H and O–H groups in total. The Labute approximate surface area is 163 Å². The molecule has 2 rings (SSSR count). The standard InChI is InChI=1S/C19H25N3O2S2/c1-19(2,3)14-7-5-13(6-8-14)16(23)21-15(9-11-25-4)17(24)22-18-20-10-12-26-18/h5-8,10,12,15H,9,11H2,1-4H3,(H,21,23)(H,20,22,24). The van der Waals surface area contributed by atoms with Crippen LogP contribution in [0.2, 0.25) is 0 Å². The lowest BCUT2D eigenvalue weighted by Crippen LogP contribution is -2.44. The first-order chi connectivity index (χ1) is 12.3. The van der Waals surface area contributed by atoms with Crippen LogP contribution in [0.5, 0.6) is 0 Å². The minimum Gasteiger partial charge on any atom is -0.340 e. The van der Waals surface area contributed by atoms with E-state index >= 15 is 0 Å². The zero-order valence-corrected chi connectivity index (χ0v) is 17.2. The molecule has 2 aromatic rings. The molecule has 0 aliphatic heterocycles. The van der Waals surface area contributed by atoms with E-state index in [1.165, 1.54) is 11.3 Å². The summed E-state index contributed by atoms with van der Waals surface area (Å²) in [6.07, 6.45) is 4.17. The minimum atomic E-state index is -0.596. The van der Waals surface area contributed by atoms with Crippen LogP contribution in [0.15, 0.2) is 35.8 Å². The molecule has 1 atom stereocenters. The fraction of sp³-hybridized carbons (Fsp3) is 0.421. The number of benzene rings is 1. The van der Waals surface area contributed by atoms with Gasteiger partial charge in [-0.15, -0.1) is 11.3 Å². The fourth-order valence-corrected chi connectivity index (χ4v) is 3.35. The van der Waals surface area contributed by atoms with E-state index in [9.17, 15) is 9.59 Å². The average Bonchev–Trinajstić information content (AvgIpc) is 3.10. The topological polar surface area (TPSA) is 71.1 Å². The molecule has 0 fully saturated rings. The quantitative estimate of drug-likeness (QED) is 0.750. The van der Waals surface area contributed by atoms with Gasteiger partial charge in [-0.2, -0.15) is 11.8 Å². The number of hydrogen-bond acceptors (Lipinski definition) is 5. The molecule has 0 radical (unpaired) electrons. The Balaban J connectivity index is 2.06. The van der Waals surface area contributed by atoms with Gasteiger partial charge in [0.15, 0.2) is 5.13 Å². The van der Waals surface area contributed by atoms with E-state index < -0.39 is 6.04 Å². The second-order valence-electron chi connectivity index (χ2n) is 6.96. The van der Waals surface area contributed by atoms with E-state index in [0.717, 1.165) is 11.3 Å². The third-order valence-corrected chi connectivity index (χ3v) is 5.24. The van der Waals surface area contributed by atoms with Gasteiger partial charge in [0.1, 0.15) is 6.04 Å². The zero-order chi connectivity index (χ0) is 19.2. The van der Waals surface area contributed by atoms with Gasteiger partial charge < -0.3 is 10.6 Å². The number of hydrogen-bond donors (Lipinski definition) is 2. The SMILES string of the molecule is CSCCC(NC(=O)c1ccc(C(C)(C)C)cc1)C(=O)Nc1nccs1. The molecule has 0 bridgehead atoms. The van der Waals surface area contributed by atoms with Crippen molar-refractivity contribution in [1.82, 2.24) is 10.3 Å². The van der Waals surface area contributed by atoms with Crippen molar-refractivity contribution in [2.45, 2.75) is 38.6 Å². The molecule has 0 aliphatic rings. The van der Waals surface area contributed by atoms with Gasteiger partial charge in [-0.1, -0.05) is 32.9 Å². The van der Waals surface area contributed by atoms with Gasteiger partial charge in [-0.3, -0.25) is 9.59 Å². The average molecular weight is 392 g/mol. The van der Waals surface area contributed by atoms with E-state index in [1.54, 1.807) is 35.5 Å². The molecule has 0 spiro atoms. The number of amides is 2. The Bertz CT molecular complexity index is 722. The smallest absolute Gasteiger partial charge is 0.251 e. The first-order valence-electron chi connectivity index (χ1n) is 8.42. The molecule has 0 saturated heterocycles. The van der Waals surface area contributed by atoms with E-state index in [-0.39, 0.29) is 17.2 Å². The molecular weight excluding hydrogens is 366 g/mol. The maximum absolute atomic E-state index is 12.6. The number of carbonyl (C=O) groups is 2. The summed E-state index contributed by atoms with van der Waals surface area (Å²) in [7, 11) is 0. The van der Waals surface area contributed by atoms with Gasteiger partial charge in [0.2, 0.25) is 5.91 Å². The van der Waals surface area contributed by atoms with Gasteiger partial charge >= 0.3 is 0 Å². The van der Waals surface area contributed by atoms with Crippen molar-refractivity contribution in [3.05, 3.63) is 47.0 Å². The summed E-state index contributed by atoms with van der Waals surface area (Å²) < 4.78 is 0. The zero-order valence-electron chi connectivity index (χ0n) is 15.5.